The van der Waals surface area contributed by atoms with E-state index in [0.717, 1.165) is 12.2 Å². The molecule has 4 nitrogen and oxygen atoms in total. The van der Waals surface area contributed by atoms with Crippen LogP contribution in [0.3, 0.4) is 0 Å². The fourth-order valence-corrected chi connectivity index (χ4v) is 1.78. The smallest absolute Gasteiger partial charge is 0.255 e. The highest BCUT2D eigenvalue weighted by Gasteiger charge is 2.07. The lowest BCUT2D eigenvalue weighted by atomic mass is 10.2. The Hall–Kier alpha value is -2.49. The Morgan fingerprint density at radius 1 is 1.24 bits per heavy atom. The van der Waals surface area contributed by atoms with Crippen molar-refractivity contribution in [1.29, 1.82) is 0 Å². The summed E-state index contributed by atoms with van der Waals surface area (Å²) in [6, 6.07) is 13.4. The van der Waals surface area contributed by atoms with Gasteiger partial charge in [-0.25, -0.2) is 0 Å². The largest absolute Gasteiger partial charge is 0.508 e. The second kappa shape index (κ2) is 6.79. The maximum atomic E-state index is 12.1. The summed E-state index contributed by atoms with van der Waals surface area (Å²) in [5.41, 5.74) is 1.16. The second-order valence-electron chi connectivity index (χ2n) is 4.87. The van der Waals surface area contributed by atoms with Crippen molar-refractivity contribution >= 4 is 11.6 Å². The average molecular weight is 285 g/mol. The van der Waals surface area contributed by atoms with Gasteiger partial charge >= 0.3 is 0 Å². The van der Waals surface area contributed by atoms with E-state index < -0.39 is 0 Å². The molecule has 110 valence electrons. The van der Waals surface area contributed by atoms with Gasteiger partial charge in [-0.1, -0.05) is 13.0 Å². The first-order valence-corrected chi connectivity index (χ1v) is 6.95. The van der Waals surface area contributed by atoms with E-state index >= 15 is 0 Å². The Morgan fingerprint density at radius 2 is 1.95 bits per heavy atom. The summed E-state index contributed by atoms with van der Waals surface area (Å²) in [4.78, 5) is 12.1. The lowest BCUT2D eigenvalue weighted by molar-refractivity contribution is 0.102. The van der Waals surface area contributed by atoms with Gasteiger partial charge in [-0.05, 0) is 49.7 Å². The molecule has 21 heavy (non-hydrogen) atoms. The van der Waals surface area contributed by atoms with E-state index in [1.165, 1.54) is 12.1 Å². The lowest BCUT2D eigenvalue weighted by Crippen LogP contribution is -2.12. The lowest BCUT2D eigenvalue weighted by Gasteiger charge is -2.13. The molecule has 2 aromatic carbocycles. The van der Waals surface area contributed by atoms with Crippen molar-refractivity contribution in [3.8, 4) is 11.5 Å². The van der Waals surface area contributed by atoms with E-state index in [4.69, 9.17) is 4.74 Å². The molecule has 0 aliphatic carbocycles. The van der Waals surface area contributed by atoms with Gasteiger partial charge in [-0.2, -0.15) is 0 Å². The Bertz CT molecular complexity index is 608. The summed E-state index contributed by atoms with van der Waals surface area (Å²) in [6.07, 6.45) is 1.05. The number of anilines is 1. The van der Waals surface area contributed by atoms with Crippen molar-refractivity contribution in [3.05, 3.63) is 54.1 Å². The van der Waals surface area contributed by atoms with Crippen molar-refractivity contribution in [1.82, 2.24) is 0 Å². The Labute approximate surface area is 124 Å². The quantitative estimate of drug-likeness (QED) is 0.878. The number of hydrogen-bond donors (Lipinski definition) is 2. The third-order valence-electron chi connectivity index (χ3n) is 3.13. The molecule has 1 atom stereocenters. The zero-order chi connectivity index (χ0) is 15.2. The van der Waals surface area contributed by atoms with E-state index in [-0.39, 0.29) is 17.8 Å². The van der Waals surface area contributed by atoms with Crippen LogP contribution in [0.25, 0.3) is 0 Å². The normalized spacial score (nSPS) is 11.7. The zero-order valence-electron chi connectivity index (χ0n) is 12.2. The van der Waals surface area contributed by atoms with Gasteiger partial charge in [-0.15, -0.1) is 0 Å². The molecule has 0 bridgehead atoms. The Balaban J connectivity index is 2.07. The first-order chi connectivity index (χ1) is 10.1. The van der Waals surface area contributed by atoms with Crippen LogP contribution in [0.2, 0.25) is 0 Å². The van der Waals surface area contributed by atoms with Gasteiger partial charge in [0, 0.05) is 17.3 Å². The number of hydrogen-bond acceptors (Lipinski definition) is 3. The number of ether oxygens (including phenoxy) is 1. The summed E-state index contributed by atoms with van der Waals surface area (Å²) < 4.78 is 5.72. The summed E-state index contributed by atoms with van der Waals surface area (Å²) in [7, 11) is 0. The van der Waals surface area contributed by atoms with Crippen molar-refractivity contribution < 1.29 is 14.6 Å². The molecule has 1 amide bonds. The van der Waals surface area contributed by atoms with E-state index in [0.29, 0.717) is 11.3 Å². The molecule has 0 heterocycles. The minimum Gasteiger partial charge on any atom is -0.508 e. The third kappa shape index (κ3) is 4.24. The van der Waals surface area contributed by atoms with Crippen molar-refractivity contribution in [2.24, 2.45) is 0 Å². The first-order valence-electron chi connectivity index (χ1n) is 6.95. The van der Waals surface area contributed by atoms with E-state index in [2.05, 4.69) is 12.2 Å². The van der Waals surface area contributed by atoms with Crippen LogP contribution in [0.15, 0.2) is 48.5 Å². The van der Waals surface area contributed by atoms with E-state index in [1.54, 1.807) is 18.2 Å². The standard InChI is InChI=1S/C17H19NO3/c1-3-12(2)21-16-6-4-5-14(11-16)18-17(20)13-7-9-15(19)10-8-13/h4-12,19H,3H2,1-2H3,(H,18,20). The maximum absolute atomic E-state index is 12.1. The first kappa shape index (κ1) is 14.9. The topological polar surface area (TPSA) is 58.6 Å². The highest BCUT2D eigenvalue weighted by atomic mass is 16.5. The van der Waals surface area contributed by atoms with Gasteiger partial charge in [0.25, 0.3) is 5.91 Å². The molecule has 2 aromatic rings. The number of amides is 1. The van der Waals surface area contributed by atoms with Crippen LogP contribution in [0.1, 0.15) is 30.6 Å². The van der Waals surface area contributed by atoms with Crippen LogP contribution in [-0.4, -0.2) is 17.1 Å². The van der Waals surface area contributed by atoms with E-state index in [9.17, 15) is 9.90 Å². The average Bonchev–Trinajstić information content (AvgIpc) is 2.48. The summed E-state index contributed by atoms with van der Waals surface area (Å²) in [5, 5.41) is 12.0. The summed E-state index contributed by atoms with van der Waals surface area (Å²) >= 11 is 0. The maximum Gasteiger partial charge on any atom is 0.255 e. The number of benzene rings is 2. The molecular formula is C17H19NO3. The Kier molecular flexibility index (Phi) is 4.82. The number of aromatic hydroxyl groups is 1. The highest BCUT2D eigenvalue weighted by molar-refractivity contribution is 6.04. The molecule has 0 saturated heterocycles. The van der Waals surface area contributed by atoms with Gasteiger partial charge in [0.2, 0.25) is 0 Å². The summed E-state index contributed by atoms with van der Waals surface area (Å²) in [5.74, 6) is 0.638. The molecule has 0 saturated carbocycles. The molecule has 2 rings (SSSR count). The predicted molar refractivity (Wildman–Crippen MR) is 82.9 cm³/mol. The van der Waals surface area contributed by atoms with Gasteiger partial charge in [0.05, 0.1) is 6.10 Å². The van der Waals surface area contributed by atoms with Gasteiger partial charge in [0.1, 0.15) is 11.5 Å². The number of carbonyl (C=O) groups is 1. The molecule has 0 aliphatic rings. The molecule has 0 fully saturated rings. The van der Waals surface area contributed by atoms with Gasteiger partial charge < -0.3 is 15.2 Å². The molecular weight excluding hydrogens is 266 g/mol. The van der Waals surface area contributed by atoms with Gasteiger partial charge in [-0.3, -0.25) is 4.79 Å². The fourth-order valence-electron chi connectivity index (χ4n) is 1.78. The number of phenolic OH excluding ortho intramolecular Hbond substituents is 1. The minimum atomic E-state index is -0.226. The molecule has 0 aliphatic heterocycles. The van der Waals surface area contributed by atoms with Crippen LogP contribution < -0.4 is 10.1 Å². The molecule has 0 spiro atoms. The number of phenols is 1. The minimum absolute atomic E-state index is 0.132. The number of carbonyl (C=O) groups excluding carboxylic acids is 1. The van der Waals surface area contributed by atoms with Crippen LogP contribution in [0.5, 0.6) is 11.5 Å². The van der Waals surface area contributed by atoms with Crippen molar-refractivity contribution in [2.45, 2.75) is 26.4 Å². The zero-order valence-corrected chi connectivity index (χ0v) is 12.2. The number of rotatable bonds is 5. The monoisotopic (exact) mass is 285 g/mol. The second-order valence-corrected chi connectivity index (χ2v) is 4.87. The summed E-state index contributed by atoms with van der Waals surface area (Å²) in [6.45, 7) is 4.06. The van der Waals surface area contributed by atoms with Crippen LogP contribution >= 0.6 is 0 Å². The molecule has 0 aromatic heterocycles. The predicted octanol–water partition coefficient (Wildman–Crippen LogP) is 3.82. The van der Waals surface area contributed by atoms with Crippen LogP contribution in [-0.2, 0) is 0 Å². The fraction of sp³-hybridized carbons (Fsp3) is 0.235. The SMILES string of the molecule is CCC(C)Oc1cccc(NC(=O)c2ccc(O)cc2)c1. The number of nitrogens with one attached hydrogen (secondary N) is 1. The highest BCUT2D eigenvalue weighted by Crippen LogP contribution is 2.20. The van der Waals surface area contributed by atoms with Crippen LogP contribution in [0.4, 0.5) is 5.69 Å². The third-order valence-corrected chi connectivity index (χ3v) is 3.13. The molecule has 0 radical (unpaired) electrons. The van der Waals surface area contributed by atoms with Gasteiger partial charge in [0.15, 0.2) is 0 Å². The molecule has 4 heteroatoms. The molecule has 2 N–H and O–H groups in total. The van der Waals surface area contributed by atoms with Crippen LogP contribution in [0, 0.1) is 0 Å². The Morgan fingerprint density at radius 3 is 2.62 bits per heavy atom. The van der Waals surface area contributed by atoms with E-state index in [1.807, 2.05) is 25.1 Å². The van der Waals surface area contributed by atoms with Crippen molar-refractivity contribution in [2.75, 3.05) is 5.32 Å². The van der Waals surface area contributed by atoms with Crippen molar-refractivity contribution in [3.63, 3.8) is 0 Å². The molecule has 1 unspecified atom stereocenters.